The predicted octanol–water partition coefficient (Wildman–Crippen LogP) is 3.64. The van der Waals surface area contributed by atoms with Crippen molar-refractivity contribution in [1.82, 2.24) is 4.90 Å². The Labute approximate surface area is 216 Å². The Morgan fingerprint density at radius 1 is 1.22 bits per heavy atom. The van der Waals surface area contributed by atoms with Gasteiger partial charge in [-0.05, 0) is 35.9 Å². The molecule has 6 N–H and O–H groups in total. The number of primary amides is 1. The zero-order valence-electron chi connectivity index (χ0n) is 19.8. The fourth-order valence-corrected chi connectivity index (χ4v) is 4.51. The fourth-order valence-electron chi connectivity index (χ4n) is 4.31. The Bertz CT molecular complexity index is 1110. The standard InChI is InChI=1S/C22H27ClN4O3.C2HF3O2/c23-16-5-6-19-15(11-16)12-22(30-19)7-9-27(10-8-22)17(13-24)14-29-20-4-2-1-3-18(20)26-21(25)28;3-2(4,5)1(6)7/h1-6,11,17H,7-10,12-14,24H2,(H3,25,26,28);(H,6,7). The second-order valence-electron chi connectivity index (χ2n) is 8.74. The smallest absolute Gasteiger partial charge is 0.490 e. The maximum Gasteiger partial charge on any atom is 0.490 e. The molecule has 1 spiro atoms. The quantitative estimate of drug-likeness (QED) is 0.435. The average Bonchev–Trinajstić information content (AvgIpc) is 3.17. The summed E-state index contributed by atoms with van der Waals surface area (Å²) in [5.74, 6) is -1.23. The SMILES string of the molecule is NCC(COc1ccccc1NC(N)=O)N1CCC2(CC1)Cc1cc(Cl)ccc1O2.O=C(O)C(F)(F)F. The van der Waals surface area contributed by atoms with Crippen LogP contribution in [0.5, 0.6) is 11.5 Å². The maximum absolute atomic E-state index is 11.2. The summed E-state index contributed by atoms with van der Waals surface area (Å²) in [6.07, 6.45) is -2.34. The number of carboxylic acid groups (broad SMARTS) is 1. The van der Waals surface area contributed by atoms with Crippen molar-refractivity contribution in [3.63, 3.8) is 0 Å². The van der Waals surface area contributed by atoms with E-state index in [1.165, 1.54) is 5.56 Å². The van der Waals surface area contributed by atoms with Crippen LogP contribution in [0.1, 0.15) is 18.4 Å². The predicted molar refractivity (Wildman–Crippen MR) is 131 cm³/mol. The number of para-hydroxylation sites is 2. The van der Waals surface area contributed by atoms with Crippen LogP contribution in [0.2, 0.25) is 5.02 Å². The normalized spacial score (nSPS) is 17.1. The summed E-state index contributed by atoms with van der Waals surface area (Å²) >= 11 is 6.14. The number of urea groups is 1. The molecule has 1 unspecified atom stereocenters. The molecule has 2 aliphatic heterocycles. The van der Waals surface area contributed by atoms with Crippen LogP contribution in [-0.4, -0.2) is 66.1 Å². The van der Waals surface area contributed by atoms with Crippen molar-refractivity contribution in [2.45, 2.75) is 37.1 Å². The summed E-state index contributed by atoms with van der Waals surface area (Å²) in [5.41, 5.74) is 12.9. The van der Waals surface area contributed by atoms with E-state index in [9.17, 15) is 18.0 Å². The number of aliphatic carboxylic acids is 1. The third-order valence-corrected chi connectivity index (χ3v) is 6.41. The number of carbonyl (C=O) groups excluding carboxylic acids is 1. The number of amides is 2. The number of likely N-dealkylation sites (tertiary alicyclic amines) is 1. The lowest BCUT2D eigenvalue weighted by Gasteiger charge is -2.41. The number of carboxylic acids is 1. The van der Waals surface area contributed by atoms with Crippen LogP contribution < -0.4 is 26.3 Å². The van der Waals surface area contributed by atoms with E-state index in [1.807, 2.05) is 30.3 Å². The number of alkyl halides is 3. The molecule has 2 aromatic rings. The average molecular weight is 545 g/mol. The van der Waals surface area contributed by atoms with Gasteiger partial charge in [-0.3, -0.25) is 4.90 Å². The van der Waals surface area contributed by atoms with Gasteiger partial charge < -0.3 is 31.4 Å². The van der Waals surface area contributed by atoms with E-state index in [-0.39, 0.29) is 11.6 Å². The van der Waals surface area contributed by atoms with Crippen molar-refractivity contribution in [2.75, 3.05) is 31.6 Å². The van der Waals surface area contributed by atoms with E-state index < -0.39 is 18.2 Å². The van der Waals surface area contributed by atoms with Gasteiger partial charge in [0.05, 0.1) is 11.7 Å². The van der Waals surface area contributed by atoms with Gasteiger partial charge in [0, 0.05) is 43.9 Å². The van der Waals surface area contributed by atoms with E-state index >= 15 is 0 Å². The number of fused-ring (bicyclic) bond motifs is 1. The molecular formula is C24H28ClF3N4O5. The molecule has 1 saturated heterocycles. The molecule has 2 amide bonds. The Hall–Kier alpha value is -3.22. The molecule has 0 aromatic heterocycles. The first-order valence-corrected chi connectivity index (χ1v) is 11.8. The molecule has 1 atom stereocenters. The molecule has 0 saturated carbocycles. The summed E-state index contributed by atoms with van der Waals surface area (Å²) in [7, 11) is 0. The molecule has 0 radical (unpaired) electrons. The second kappa shape index (κ2) is 11.9. The van der Waals surface area contributed by atoms with Crippen LogP contribution >= 0.6 is 11.6 Å². The first-order valence-electron chi connectivity index (χ1n) is 11.4. The first-order chi connectivity index (χ1) is 17.4. The summed E-state index contributed by atoms with van der Waals surface area (Å²) in [4.78, 5) is 22.4. The highest BCUT2D eigenvalue weighted by Gasteiger charge is 2.43. The van der Waals surface area contributed by atoms with Crippen LogP contribution in [0, 0.1) is 0 Å². The minimum Gasteiger partial charge on any atom is -0.490 e. The molecule has 37 heavy (non-hydrogen) atoms. The van der Waals surface area contributed by atoms with Crippen molar-refractivity contribution < 1.29 is 37.3 Å². The number of nitrogens with one attached hydrogen (secondary N) is 1. The van der Waals surface area contributed by atoms with Gasteiger partial charge in [-0.15, -0.1) is 0 Å². The van der Waals surface area contributed by atoms with Crippen molar-refractivity contribution in [2.24, 2.45) is 11.5 Å². The van der Waals surface area contributed by atoms with Crippen molar-refractivity contribution in [3.05, 3.63) is 53.1 Å². The first kappa shape index (κ1) is 28.4. The Morgan fingerprint density at radius 2 is 1.86 bits per heavy atom. The highest BCUT2D eigenvalue weighted by molar-refractivity contribution is 6.30. The fraction of sp³-hybridized carbons (Fsp3) is 0.417. The summed E-state index contributed by atoms with van der Waals surface area (Å²) in [6, 6.07) is 12.5. The van der Waals surface area contributed by atoms with E-state index in [1.54, 1.807) is 12.1 Å². The van der Waals surface area contributed by atoms with Crippen molar-refractivity contribution in [1.29, 1.82) is 0 Å². The molecule has 4 rings (SSSR count). The van der Waals surface area contributed by atoms with Gasteiger partial charge in [0.1, 0.15) is 23.7 Å². The Balaban J connectivity index is 0.000000479. The number of benzene rings is 2. The lowest BCUT2D eigenvalue weighted by Crippen LogP contribution is -2.53. The molecule has 0 aliphatic carbocycles. The van der Waals surface area contributed by atoms with Gasteiger partial charge in [0.25, 0.3) is 0 Å². The summed E-state index contributed by atoms with van der Waals surface area (Å²) in [6.45, 7) is 2.68. The maximum atomic E-state index is 11.2. The molecule has 2 aliphatic rings. The number of nitrogens with two attached hydrogens (primary N) is 2. The Morgan fingerprint density at radius 3 is 2.46 bits per heavy atom. The highest BCUT2D eigenvalue weighted by atomic mass is 35.5. The third kappa shape index (κ3) is 7.63. The number of hydrogen-bond donors (Lipinski definition) is 4. The van der Waals surface area contributed by atoms with Crippen LogP contribution in [0.15, 0.2) is 42.5 Å². The number of rotatable bonds is 6. The lowest BCUT2D eigenvalue weighted by atomic mass is 9.86. The third-order valence-electron chi connectivity index (χ3n) is 6.18. The van der Waals surface area contributed by atoms with E-state index in [2.05, 4.69) is 10.2 Å². The zero-order valence-corrected chi connectivity index (χ0v) is 20.5. The summed E-state index contributed by atoms with van der Waals surface area (Å²) < 4.78 is 44.1. The van der Waals surface area contributed by atoms with E-state index in [0.717, 1.165) is 43.1 Å². The molecule has 202 valence electrons. The monoisotopic (exact) mass is 544 g/mol. The van der Waals surface area contributed by atoms with Crippen LogP contribution in [0.25, 0.3) is 0 Å². The number of piperidine rings is 1. The lowest BCUT2D eigenvalue weighted by molar-refractivity contribution is -0.192. The van der Waals surface area contributed by atoms with E-state index in [4.69, 9.17) is 42.4 Å². The van der Waals surface area contributed by atoms with Gasteiger partial charge in [0.15, 0.2) is 0 Å². The minimum atomic E-state index is -5.08. The van der Waals surface area contributed by atoms with Gasteiger partial charge >= 0.3 is 18.2 Å². The Kier molecular flexibility index (Phi) is 9.11. The largest absolute Gasteiger partial charge is 0.490 e. The number of anilines is 1. The minimum absolute atomic E-state index is 0.0715. The number of halogens is 4. The molecule has 2 aromatic carbocycles. The van der Waals surface area contributed by atoms with Gasteiger partial charge in [-0.2, -0.15) is 13.2 Å². The molecule has 9 nitrogen and oxygen atoms in total. The van der Waals surface area contributed by atoms with Crippen molar-refractivity contribution in [3.8, 4) is 11.5 Å². The number of ether oxygens (including phenoxy) is 2. The highest BCUT2D eigenvalue weighted by Crippen LogP contribution is 2.42. The number of carbonyl (C=O) groups is 2. The van der Waals surface area contributed by atoms with Crippen LogP contribution in [0.4, 0.5) is 23.7 Å². The topological polar surface area (TPSA) is 140 Å². The summed E-state index contributed by atoms with van der Waals surface area (Å²) in [5, 5.41) is 10.5. The molecule has 2 heterocycles. The van der Waals surface area contributed by atoms with Gasteiger partial charge in [-0.25, -0.2) is 9.59 Å². The van der Waals surface area contributed by atoms with Gasteiger partial charge in [0.2, 0.25) is 0 Å². The van der Waals surface area contributed by atoms with Crippen LogP contribution in [-0.2, 0) is 11.2 Å². The van der Waals surface area contributed by atoms with Gasteiger partial charge in [-0.1, -0.05) is 23.7 Å². The molecule has 13 heteroatoms. The number of hydrogen-bond acceptors (Lipinski definition) is 6. The molecule has 1 fully saturated rings. The molecule has 0 bridgehead atoms. The van der Waals surface area contributed by atoms with Crippen molar-refractivity contribution >= 4 is 29.3 Å². The number of nitrogens with zero attached hydrogens (tertiary/aromatic N) is 1. The van der Waals surface area contributed by atoms with E-state index in [0.29, 0.717) is 24.6 Å². The zero-order chi connectivity index (χ0) is 27.2. The second-order valence-corrected chi connectivity index (χ2v) is 9.18. The van der Waals surface area contributed by atoms with Crippen LogP contribution in [0.3, 0.4) is 0 Å². The molecular weight excluding hydrogens is 517 g/mol.